The van der Waals surface area contributed by atoms with E-state index in [1.54, 1.807) is 18.2 Å². The zero-order valence-corrected chi connectivity index (χ0v) is 21.5. The standard InChI is InChI=1S/C31H28N2O5/c1-4-5-14-35-21-9-7-20(8-10-21)28-23-12-11-22(16-27(23)38-30(33)25(28)17-32)36-31(34)29-19(3)24-15-18(2)6-13-26(24)37-29/h6-13,15-16,28H,4-5,14,33H2,1-3H3. The number of hydrogen-bond donors (Lipinski definition) is 1. The first kappa shape index (κ1) is 25.0. The van der Waals surface area contributed by atoms with E-state index in [1.807, 2.05) is 56.3 Å². The quantitative estimate of drug-likeness (QED) is 0.169. The number of carbonyl (C=O) groups excluding carboxylic acids is 1. The second kappa shape index (κ2) is 10.3. The van der Waals surface area contributed by atoms with Gasteiger partial charge in [0.05, 0.1) is 12.5 Å². The van der Waals surface area contributed by atoms with E-state index < -0.39 is 11.9 Å². The molecule has 3 aromatic carbocycles. The maximum absolute atomic E-state index is 13.0. The number of esters is 1. The Bertz CT molecular complexity index is 1590. The normalized spacial score (nSPS) is 14.5. The van der Waals surface area contributed by atoms with Crippen LogP contribution in [0.1, 0.15) is 58.5 Å². The minimum Gasteiger partial charge on any atom is -0.494 e. The van der Waals surface area contributed by atoms with Crippen molar-refractivity contribution in [3.8, 4) is 23.3 Å². The highest BCUT2D eigenvalue weighted by atomic mass is 16.5. The summed E-state index contributed by atoms with van der Waals surface area (Å²) in [5, 5.41) is 10.7. The number of nitriles is 1. The largest absolute Gasteiger partial charge is 0.494 e. The van der Waals surface area contributed by atoms with E-state index in [-0.39, 0.29) is 17.4 Å². The number of ether oxygens (including phenoxy) is 3. The van der Waals surface area contributed by atoms with Gasteiger partial charge in [0.1, 0.15) is 34.5 Å². The Hall–Kier alpha value is -4.70. The summed E-state index contributed by atoms with van der Waals surface area (Å²) >= 11 is 0. The Balaban J connectivity index is 1.42. The summed E-state index contributed by atoms with van der Waals surface area (Å²) in [4.78, 5) is 13.0. The number of rotatable bonds is 7. The number of aryl methyl sites for hydroxylation is 2. The lowest BCUT2D eigenvalue weighted by atomic mass is 9.83. The molecule has 0 saturated heterocycles. The number of fused-ring (bicyclic) bond motifs is 2. The average Bonchev–Trinajstić information content (AvgIpc) is 3.24. The third-order valence-corrected chi connectivity index (χ3v) is 6.66. The van der Waals surface area contributed by atoms with Crippen LogP contribution < -0.4 is 19.9 Å². The molecule has 2 N–H and O–H groups in total. The Labute approximate surface area is 221 Å². The van der Waals surface area contributed by atoms with Gasteiger partial charge in [-0.25, -0.2) is 4.79 Å². The molecule has 0 aliphatic carbocycles. The number of nitrogens with two attached hydrogens (primary N) is 1. The number of benzene rings is 3. The maximum Gasteiger partial charge on any atom is 0.379 e. The van der Waals surface area contributed by atoms with Gasteiger partial charge in [0.25, 0.3) is 0 Å². The molecular formula is C31H28N2O5. The predicted molar refractivity (Wildman–Crippen MR) is 143 cm³/mol. The lowest BCUT2D eigenvalue weighted by Crippen LogP contribution is -2.21. The zero-order valence-electron chi connectivity index (χ0n) is 21.5. The van der Waals surface area contributed by atoms with Crippen LogP contribution in [0.25, 0.3) is 11.0 Å². The molecule has 4 aromatic rings. The van der Waals surface area contributed by atoms with Crippen LogP contribution in [-0.4, -0.2) is 12.6 Å². The molecule has 1 aliphatic heterocycles. The van der Waals surface area contributed by atoms with Gasteiger partial charge in [0.2, 0.25) is 11.6 Å². The van der Waals surface area contributed by atoms with E-state index in [2.05, 4.69) is 13.0 Å². The molecule has 0 fully saturated rings. The molecule has 1 aromatic heterocycles. The van der Waals surface area contributed by atoms with Crippen molar-refractivity contribution in [3.05, 3.63) is 100 Å². The minimum absolute atomic E-state index is 0.0141. The van der Waals surface area contributed by atoms with E-state index in [0.717, 1.165) is 46.2 Å². The van der Waals surface area contributed by atoms with Crippen LogP contribution in [0.2, 0.25) is 0 Å². The minimum atomic E-state index is -0.608. The number of carbonyl (C=O) groups is 1. The molecule has 0 bridgehead atoms. The van der Waals surface area contributed by atoms with Crippen LogP contribution >= 0.6 is 0 Å². The summed E-state index contributed by atoms with van der Waals surface area (Å²) in [7, 11) is 0. The van der Waals surface area contributed by atoms with Crippen LogP contribution in [0.4, 0.5) is 0 Å². The third-order valence-electron chi connectivity index (χ3n) is 6.66. The van der Waals surface area contributed by atoms with Crippen LogP contribution in [0.3, 0.4) is 0 Å². The highest BCUT2D eigenvalue weighted by Crippen LogP contribution is 2.43. The second-order valence-electron chi connectivity index (χ2n) is 9.34. The molecule has 1 aliphatic rings. The Kier molecular flexibility index (Phi) is 6.80. The topological polar surface area (TPSA) is 108 Å². The van der Waals surface area contributed by atoms with Crippen molar-refractivity contribution in [2.24, 2.45) is 5.73 Å². The summed E-state index contributed by atoms with van der Waals surface area (Å²) < 4.78 is 23.0. The molecule has 7 heteroatoms. The molecule has 1 unspecified atom stereocenters. The number of nitrogens with zero attached hydrogens (tertiary/aromatic N) is 1. The van der Waals surface area contributed by atoms with Gasteiger partial charge in [-0.15, -0.1) is 0 Å². The Morgan fingerprint density at radius 1 is 1.05 bits per heavy atom. The summed E-state index contributed by atoms with van der Waals surface area (Å²) in [6, 6.07) is 20.6. The molecule has 0 spiro atoms. The maximum atomic E-state index is 13.0. The van der Waals surface area contributed by atoms with Gasteiger partial charge in [0, 0.05) is 22.6 Å². The molecule has 38 heavy (non-hydrogen) atoms. The zero-order chi connectivity index (χ0) is 26.8. The third kappa shape index (κ3) is 4.69. The van der Waals surface area contributed by atoms with E-state index >= 15 is 0 Å². The molecule has 0 saturated carbocycles. The lowest BCUT2D eigenvalue weighted by molar-refractivity contribution is 0.0702. The highest BCUT2D eigenvalue weighted by Gasteiger charge is 2.31. The Morgan fingerprint density at radius 3 is 2.55 bits per heavy atom. The summed E-state index contributed by atoms with van der Waals surface area (Å²) in [5.41, 5.74) is 10.5. The summed E-state index contributed by atoms with van der Waals surface area (Å²) in [6.07, 6.45) is 2.04. The van der Waals surface area contributed by atoms with Gasteiger partial charge in [-0.05, 0) is 56.2 Å². The molecule has 2 heterocycles. The van der Waals surface area contributed by atoms with Crippen LogP contribution in [-0.2, 0) is 0 Å². The molecule has 1 atom stereocenters. The van der Waals surface area contributed by atoms with E-state index in [1.165, 1.54) is 0 Å². The number of allylic oxidation sites excluding steroid dienone is 1. The van der Waals surface area contributed by atoms with Gasteiger partial charge in [0.15, 0.2) is 0 Å². The van der Waals surface area contributed by atoms with Gasteiger partial charge < -0.3 is 24.4 Å². The van der Waals surface area contributed by atoms with Crippen molar-refractivity contribution in [3.63, 3.8) is 0 Å². The van der Waals surface area contributed by atoms with Gasteiger partial charge >= 0.3 is 5.97 Å². The highest BCUT2D eigenvalue weighted by molar-refractivity contribution is 5.97. The number of hydrogen-bond acceptors (Lipinski definition) is 7. The molecule has 7 nitrogen and oxygen atoms in total. The van der Waals surface area contributed by atoms with Crippen molar-refractivity contribution in [1.29, 1.82) is 5.26 Å². The fourth-order valence-electron chi connectivity index (χ4n) is 4.62. The number of furan rings is 1. The monoisotopic (exact) mass is 508 g/mol. The van der Waals surface area contributed by atoms with E-state index in [0.29, 0.717) is 23.5 Å². The SMILES string of the molecule is CCCCOc1ccc(C2C(C#N)=C(N)Oc3cc(OC(=O)c4oc5ccc(C)cc5c4C)ccc32)cc1. The lowest BCUT2D eigenvalue weighted by Gasteiger charge is -2.26. The van der Waals surface area contributed by atoms with Gasteiger partial charge in [-0.3, -0.25) is 0 Å². The first-order valence-electron chi connectivity index (χ1n) is 12.6. The van der Waals surface area contributed by atoms with Crippen LogP contribution in [0.15, 0.2) is 76.5 Å². The van der Waals surface area contributed by atoms with Crippen molar-refractivity contribution in [2.75, 3.05) is 6.61 Å². The molecule has 5 rings (SSSR count). The van der Waals surface area contributed by atoms with Gasteiger partial charge in [-0.2, -0.15) is 5.26 Å². The fraction of sp³-hybridized carbons (Fsp3) is 0.226. The first-order chi connectivity index (χ1) is 18.4. The smallest absolute Gasteiger partial charge is 0.379 e. The predicted octanol–water partition coefficient (Wildman–Crippen LogP) is 6.67. The van der Waals surface area contributed by atoms with Crippen molar-refractivity contribution in [2.45, 2.75) is 39.5 Å². The summed E-state index contributed by atoms with van der Waals surface area (Å²) in [6.45, 7) is 6.58. The fourth-order valence-corrected chi connectivity index (χ4v) is 4.62. The average molecular weight is 509 g/mol. The van der Waals surface area contributed by atoms with Gasteiger partial charge in [-0.1, -0.05) is 43.2 Å². The second-order valence-corrected chi connectivity index (χ2v) is 9.34. The van der Waals surface area contributed by atoms with Crippen molar-refractivity contribution < 1.29 is 23.4 Å². The molecule has 0 radical (unpaired) electrons. The molecule has 0 amide bonds. The van der Waals surface area contributed by atoms with Crippen LogP contribution in [0, 0.1) is 25.2 Å². The van der Waals surface area contributed by atoms with Crippen molar-refractivity contribution >= 4 is 16.9 Å². The molecular weight excluding hydrogens is 480 g/mol. The van der Waals surface area contributed by atoms with E-state index in [4.69, 9.17) is 24.4 Å². The summed E-state index contributed by atoms with van der Waals surface area (Å²) in [5.74, 6) is 0.578. The Morgan fingerprint density at radius 2 is 1.82 bits per heavy atom. The van der Waals surface area contributed by atoms with Crippen molar-refractivity contribution in [1.82, 2.24) is 0 Å². The number of unbranched alkanes of at least 4 members (excludes halogenated alkanes) is 1. The first-order valence-corrected chi connectivity index (χ1v) is 12.6. The van der Waals surface area contributed by atoms with E-state index in [9.17, 15) is 10.1 Å². The van der Waals surface area contributed by atoms with Crippen LogP contribution in [0.5, 0.6) is 17.2 Å². The molecule has 192 valence electrons.